The smallest absolute Gasteiger partial charge is 0.316 e. The Hall–Kier alpha value is -2.46. The number of rotatable bonds is 2. The third-order valence-electron chi connectivity index (χ3n) is 1.92. The van der Waals surface area contributed by atoms with Crippen molar-refractivity contribution in [1.29, 1.82) is 5.26 Å². The normalized spacial score (nSPS) is 8.69. The highest BCUT2D eigenvalue weighted by molar-refractivity contribution is 5.89. The van der Waals surface area contributed by atoms with Gasteiger partial charge in [-0.3, -0.25) is 0 Å². The van der Waals surface area contributed by atoms with Crippen LogP contribution in [0.5, 0.6) is 0 Å². The van der Waals surface area contributed by atoms with Crippen molar-refractivity contribution in [3.63, 3.8) is 0 Å². The molecule has 4 nitrogen and oxygen atoms in total. The van der Waals surface area contributed by atoms with Gasteiger partial charge in [0.2, 0.25) is 0 Å². The summed E-state index contributed by atoms with van der Waals surface area (Å²) in [5, 5.41) is 11.3. The number of nitrogens with zero attached hydrogens (tertiary/aromatic N) is 2. The highest BCUT2D eigenvalue weighted by atomic mass is 16.2. The Bertz CT molecular complexity index is 468. The largest absolute Gasteiger partial charge is 0.322 e. The van der Waals surface area contributed by atoms with E-state index in [0.29, 0.717) is 11.3 Å². The zero-order chi connectivity index (χ0) is 12.0. The fourth-order valence-electron chi connectivity index (χ4n) is 1.09. The fourth-order valence-corrected chi connectivity index (χ4v) is 1.09. The summed E-state index contributed by atoms with van der Waals surface area (Å²) in [5.74, 6) is 2.37. The van der Waals surface area contributed by atoms with Gasteiger partial charge >= 0.3 is 6.03 Å². The Labute approximate surface area is 94.5 Å². The number of urea groups is 1. The van der Waals surface area contributed by atoms with Gasteiger partial charge in [0, 0.05) is 12.7 Å². The van der Waals surface area contributed by atoms with Gasteiger partial charge < -0.3 is 10.2 Å². The molecule has 2 amide bonds. The minimum absolute atomic E-state index is 0.240. The van der Waals surface area contributed by atoms with Crippen molar-refractivity contribution in [3.05, 3.63) is 29.8 Å². The Kier molecular flexibility index (Phi) is 3.94. The average molecular weight is 213 g/mol. The van der Waals surface area contributed by atoms with Crippen LogP contribution in [0.25, 0.3) is 0 Å². The number of terminal acetylenes is 1. The number of hydrogen-bond donors (Lipinski definition) is 1. The van der Waals surface area contributed by atoms with Gasteiger partial charge in [-0.2, -0.15) is 5.26 Å². The Morgan fingerprint density at radius 2 is 2.38 bits per heavy atom. The van der Waals surface area contributed by atoms with E-state index in [1.165, 1.54) is 4.90 Å². The number of benzene rings is 1. The monoisotopic (exact) mass is 213 g/mol. The first-order valence-corrected chi connectivity index (χ1v) is 4.63. The lowest BCUT2D eigenvalue weighted by Gasteiger charge is -2.14. The molecule has 0 unspecified atom stereocenters. The molecule has 0 aliphatic carbocycles. The molecule has 0 spiro atoms. The number of hydrogen-bond acceptors (Lipinski definition) is 2. The zero-order valence-electron chi connectivity index (χ0n) is 8.90. The number of anilines is 1. The quantitative estimate of drug-likeness (QED) is 0.759. The highest BCUT2D eigenvalue weighted by Crippen LogP contribution is 2.10. The summed E-state index contributed by atoms with van der Waals surface area (Å²) < 4.78 is 0. The molecule has 0 aromatic heterocycles. The van der Waals surface area contributed by atoms with Crippen LogP contribution in [0.2, 0.25) is 0 Å². The summed E-state index contributed by atoms with van der Waals surface area (Å²) in [6.07, 6.45) is 5.09. The lowest BCUT2D eigenvalue weighted by Crippen LogP contribution is -2.31. The third kappa shape index (κ3) is 3.04. The van der Waals surface area contributed by atoms with Gasteiger partial charge in [-0.25, -0.2) is 4.79 Å². The fraction of sp³-hybridized carbons (Fsp3) is 0.167. The summed E-state index contributed by atoms with van der Waals surface area (Å²) in [5.41, 5.74) is 1.07. The molecular formula is C12H11N3O. The molecule has 0 aliphatic rings. The SMILES string of the molecule is C#CCN(C)C(=O)Nc1cccc(C#N)c1. The molecule has 0 atom stereocenters. The minimum Gasteiger partial charge on any atom is -0.316 e. The summed E-state index contributed by atoms with van der Waals surface area (Å²) in [7, 11) is 1.60. The summed E-state index contributed by atoms with van der Waals surface area (Å²) in [6, 6.07) is 8.38. The van der Waals surface area contributed by atoms with E-state index in [1.54, 1.807) is 31.3 Å². The molecule has 1 aromatic carbocycles. The van der Waals surface area contributed by atoms with E-state index in [0.717, 1.165) is 0 Å². The van der Waals surface area contributed by atoms with Crippen molar-refractivity contribution in [3.8, 4) is 18.4 Å². The first-order valence-electron chi connectivity index (χ1n) is 4.63. The van der Waals surface area contributed by atoms with E-state index < -0.39 is 0 Å². The summed E-state index contributed by atoms with van der Waals surface area (Å²) in [6.45, 7) is 0.240. The van der Waals surface area contributed by atoms with Crippen LogP contribution in [0, 0.1) is 23.7 Å². The third-order valence-corrected chi connectivity index (χ3v) is 1.92. The maximum absolute atomic E-state index is 11.5. The molecule has 1 aromatic rings. The van der Waals surface area contributed by atoms with Crippen LogP contribution in [0.15, 0.2) is 24.3 Å². The van der Waals surface area contributed by atoms with E-state index in [4.69, 9.17) is 11.7 Å². The van der Waals surface area contributed by atoms with Crippen LogP contribution in [0.4, 0.5) is 10.5 Å². The van der Waals surface area contributed by atoms with Gasteiger partial charge in [-0.05, 0) is 18.2 Å². The van der Waals surface area contributed by atoms with Gasteiger partial charge in [0.05, 0.1) is 18.2 Å². The molecule has 1 rings (SSSR count). The molecule has 0 radical (unpaired) electrons. The molecule has 16 heavy (non-hydrogen) atoms. The Balaban J connectivity index is 2.71. The number of carbonyl (C=O) groups excluding carboxylic acids is 1. The van der Waals surface area contributed by atoms with E-state index in [2.05, 4.69) is 11.2 Å². The molecule has 0 bridgehead atoms. The first-order chi connectivity index (χ1) is 7.67. The van der Waals surface area contributed by atoms with Crippen molar-refractivity contribution in [2.24, 2.45) is 0 Å². The van der Waals surface area contributed by atoms with E-state index in [1.807, 2.05) is 6.07 Å². The molecule has 0 saturated heterocycles. The number of amides is 2. The molecule has 0 heterocycles. The van der Waals surface area contributed by atoms with Crippen molar-refractivity contribution in [2.75, 3.05) is 18.9 Å². The maximum Gasteiger partial charge on any atom is 0.322 e. The second-order valence-corrected chi connectivity index (χ2v) is 3.18. The maximum atomic E-state index is 11.5. The van der Waals surface area contributed by atoms with E-state index in [9.17, 15) is 4.79 Å². The molecule has 1 N–H and O–H groups in total. The predicted molar refractivity (Wildman–Crippen MR) is 61.6 cm³/mol. The van der Waals surface area contributed by atoms with Gasteiger partial charge in [-0.15, -0.1) is 6.42 Å². The van der Waals surface area contributed by atoms with Gasteiger partial charge in [0.25, 0.3) is 0 Å². The van der Waals surface area contributed by atoms with E-state index >= 15 is 0 Å². The van der Waals surface area contributed by atoms with Crippen LogP contribution in [0.1, 0.15) is 5.56 Å². The van der Waals surface area contributed by atoms with Crippen LogP contribution >= 0.6 is 0 Å². The molecule has 0 saturated carbocycles. The summed E-state index contributed by atoms with van der Waals surface area (Å²) in [4.78, 5) is 12.9. The van der Waals surface area contributed by atoms with E-state index in [-0.39, 0.29) is 12.6 Å². The van der Waals surface area contributed by atoms with Crippen LogP contribution in [-0.4, -0.2) is 24.5 Å². The predicted octanol–water partition coefficient (Wildman–Crippen LogP) is 1.66. The van der Waals surface area contributed by atoms with Gasteiger partial charge in [0.1, 0.15) is 0 Å². The number of carbonyl (C=O) groups is 1. The van der Waals surface area contributed by atoms with Crippen molar-refractivity contribution >= 4 is 11.7 Å². The highest BCUT2D eigenvalue weighted by Gasteiger charge is 2.06. The van der Waals surface area contributed by atoms with Crippen molar-refractivity contribution < 1.29 is 4.79 Å². The Morgan fingerprint density at radius 1 is 1.62 bits per heavy atom. The van der Waals surface area contributed by atoms with Gasteiger partial charge in [-0.1, -0.05) is 12.0 Å². The van der Waals surface area contributed by atoms with Crippen LogP contribution in [-0.2, 0) is 0 Å². The lowest BCUT2D eigenvalue weighted by atomic mass is 10.2. The Morgan fingerprint density at radius 3 is 3.00 bits per heavy atom. The van der Waals surface area contributed by atoms with Crippen molar-refractivity contribution in [1.82, 2.24) is 4.90 Å². The second kappa shape index (κ2) is 5.43. The summed E-state index contributed by atoms with van der Waals surface area (Å²) >= 11 is 0. The molecule has 4 heteroatoms. The van der Waals surface area contributed by atoms with Crippen molar-refractivity contribution in [2.45, 2.75) is 0 Å². The topological polar surface area (TPSA) is 56.1 Å². The number of nitrogens with one attached hydrogen (secondary N) is 1. The standard InChI is InChI=1S/C12H11N3O/c1-3-7-15(2)12(16)14-11-6-4-5-10(8-11)9-13/h1,4-6,8H,7H2,2H3,(H,14,16). The number of nitriles is 1. The molecule has 0 fully saturated rings. The van der Waals surface area contributed by atoms with Crippen LogP contribution in [0.3, 0.4) is 0 Å². The van der Waals surface area contributed by atoms with Gasteiger partial charge in [0.15, 0.2) is 0 Å². The molecule has 80 valence electrons. The average Bonchev–Trinajstić information content (AvgIpc) is 2.29. The molecular weight excluding hydrogens is 202 g/mol. The lowest BCUT2D eigenvalue weighted by molar-refractivity contribution is 0.227. The van der Waals surface area contributed by atoms with Crippen LogP contribution < -0.4 is 5.32 Å². The molecule has 0 aliphatic heterocycles. The second-order valence-electron chi connectivity index (χ2n) is 3.18. The zero-order valence-corrected chi connectivity index (χ0v) is 8.90. The minimum atomic E-state index is -0.298. The first kappa shape index (κ1) is 11.6.